The lowest BCUT2D eigenvalue weighted by Gasteiger charge is -2.13. The van der Waals surface area contributed by atoms with E-state index in [4.69, 9.17) is 19.3 Å². The number of rotatable bonds is 13. The molecule has 0 heterocycles. The Morgan fingerprint density at radius 1 is 1.05 bits per heavy atom. The molecule has 0 aromatic carbocycles. The molecule has 0 aliphatic carbocycles. The maximum absolute atomic E-state index is 11.7. The van der Waals surface area contributed by atoms with Gasteiger partial charge in [0.25, 0.3) is 0 Å². The lowest BCUT2D eigenvalue weighted by atomic mass is 10.00. The van der Waals surface area contributed by atoms with E-state index in [9.17, 15) is 4.79 Å². The van der Waals surface area contributed by atoms with Gasteiger partial charge in [-0.05, 0) is 12.8 Å². The topological polar surface area (TPSA) is 65.0 Å². The zero-order chi connectivity index (χ0) is 14.3. The highest BCUT2D eigenvalue weighted by molar-refractivity contribution is 5.72. The Morgan fingerprint density at radius 2 is 1.68 bits per heavy atom. The number of aliphatic hydroxyl groups excluding tert-OH is 1. The third-order valence-corrected chi connectivity index (χ3v) is 2.81. The lowest BCUT2D eigenvalue weighted by Crippen LogP contribution is -2.20. The van der Waals surface area contributed by atoms with Gasteiger partial charge in [0, 0.05) is 0 Å². The van der Waals surface area contributed by atoms with Gasteiger partial charge in [-0.3, -0.25) is 4.79 Å². The van der Waals surface area contributed by atoms with Crippen LogP contribution in [-0.2, 0) is 19.0 Å². The molecule has 0 aliphatic heterocycles. The molecule has 0 amide bonds. The summed E-state index contributed by atoms with van der Waals surface area (Å²) in [5.74, 6) is -0.0936. The van der Waals surface area contributed by atoms with Crippen molar-refractivity contribution in [2.24, 2.45) is 5.92 Å². The number of hydrogen-bond donors (Lipinski definition) is 1. The highest BCUT2D eigenvalue weighted by Gasteiger charge is 2.16. The second-order valence-electron chi connectivity index (χ2n) is 4.36. The Morgan fingerprint density at radius 3 is 2.26 bits per heavy atom. The van der Waals surface area contributed by atoms with E-state index >= 15 is 0 Å². The summed E-state index contributed by atoms with van der Waals surface area (Å²) < 4.78 is 15.4. The molecule has 0 aliphatic rings. The SMILES string of the molecule is CCCCC(CC)C(=O)OCCOCCOCCO. The highest BCUT2D eigenvalue weighted by Crippen LogP contribution is 2.14. The number of aliphatic hydroxyl groups is 1. The van der Waals surface area contributed by atoms with Gasteiger partial charge in [-0.25, -0.2) is 0 Å². The number of esters is 1. The number of unbranched alkanes of at least 4 members (excludes halogenated alkanes) is 1. The standard InChI is InChI=1S/C14H28O5/c1-3-5-6-13(4-2)14(16)19-12-11-18-10-9-17-8-7-15/h13,15H,3-12H2,1-2H3. The lowest BCUT2D eigenvalue weighted by molar-refractivity contribution is -0.150. The molecule has 5 nitrogen and oxygen atoms in total. The molecule has 114 valence electrons. The number of hydrogen-bond acceptors (Lipinski definition) is 5. The van der Waals surface area contributed by atoms with Crippen LogP contribution in [-0.4, -0.2) is 50.7 Å². The van der Waals surface area contributed by atoms with Gasteiger partial charge in [0.05, 0.1) is 39.0 Å². The Hall–Kier alpha value is -0.650. The molecule has 0 saturated carbocycles. The predicted octanol–water partition coefficient (Wildman–Crippen LogP) is 1.77. The fourth-order valence-electron chi connectivity index (χ4n) is 1.64. The Bertz CT molecular complexity index is 208. The van der Waals surface area contributed by atoms with E-state index in [1.165, 1.54) is 0 Å². The van der Waals surface area contributed by atoms with Gasteiger partial charge in [0.15, 0.2) is 0 Å². The first-order chi connectivity index (χ1) is 9.26. The minimum Gasteiger partial charge on any atom is -0.463 e. The van der Waals surface area contributed by atoms with Gasteiger partial charge < -0.3 is 19.3 Å². The Kier molecular flexibility index (Phi) is 13.3. The van der Waals surface area contributed by atoms with Crippen molar-refractivity contribution in [2.75, 3.05) is 39.6 Å². The molecule has 0 fully saturated rings. The second-order valence-corrected chi connectivity index (χ2v) is 4.36. The summed E-state index contributed by atoms with van der Waals surface area (Å²) in [6.07, 6.45) is 3.89. The summed E-state index contributed by atoms with van der Waals surface area (Å²) in [6, 6.07) is 0. The number of carbonyl (C=O) groups is 1. The van der Waals surface area contributed by atoms with E-state index < -0.39 is 0 Å². The summed E-state index contributed by atoms with van der Waals surface area (Å²) in [6.45, 7) is 6.05. The molecular weight excluding hydrogens is 248 g/mol. The molecular formula is C14H28O5. The first kappa shape index (κ1) is 18.4. The molecule has 1 unspecified atom stereocenters. The number of ether oxygens (including phenoxy) is 3. The molecule has 0 aromatic rings. The van der Waals surface area contributed by atoms with Gasteiger partial charge in [0.1, 0.15) is 6.61 Å². The van der Waals surface area contributed by atoms with Gasteiger partial charge in [-0.2, -0.15) is 0 Å². The predicted molar refractivity (Wildman–Crippen MR) is 73.0 cm³/mol. The molecule has 0 rings (SSSR count). The van der Waals surface area contributed by atoms with Gasteiger partial charge >= 0.3 is 5.97 Å². The molecule has 5 heteroatoms. The molecule has 0 saturated heterocycles. The van der Waals surface area contributed by atoms with E-state index in [1.807, 2.05) is 6.92 Å². The van der Waals surface area contributed by atoms with Gasteiger partial charge in [0.2, 0.25) is 0 Å². The van der Waals surface area contributed by atoms with Crippen molar-refractivity contribution in [3.8, 4) is 0 Å². The van der Waals surface area contributed by atoms with Crippen LogP contribution in [0.5, 0.6) is 0 Å². The van der Waals surface area contributed by atoms with Crippen molar-refractivity contribution >= 4 is 5.97 Å². The largest absolute Gasteiger partial charge is 0.463 e. The highest BCUT2D eigenvalue weighted by atomic mass is 16.6. The zero-order valence-corrected chi connectivity index (χ0v) is 12.2. The third kappa shape index (κ3) is 10.9. The minimum atomic E-state index is -0.115. The van der Waals surface area contributed by atoms with E-state index in [1.54, 1.807) is 0 Å². The summed E-state index contributed by atoms with van der Waals surface area (Å²) in [5, 5.41) is 8.48. The normalized spacial score (nSPS) is 12.4. The number of carbonyl (C=O) groups excluding carboxylic acids is 1. The third-order valence-electron chi connectivity index (χ3n) is 2.81. The maximum atomic E-state index is 11.7. The van der Waals surface area contributed by atoms with Crippen LogP contribution in [0.4, 0.5) is 0 Å². The van der Waals surface area contributed by atoms with E-state index in [2.05, 4.69) is 6.92 Å². The molecule has 0 radical (unpaired) electrons. The summed E-state index contributed by atoms with van der Waals surface area (Å²) >= 11 is 0. The van der Waals surface area contributed by atoms with E-state index in [-0.39, 0.29) is 18.5 Å². The average molecular weight is 276 g/mol. The summed E-state index contributed by atoms with van der Waals surface area (Å²) in [5.41, 5.74) is 0. The molecule has 1 atom stereocenters. The van der Waals surface area contributed by atoms with Crippen LogP contribution >= 0.6 is 0 Å². The van der Waals surface area contributed by atoms with Crippen molar-refractivity contribution in [1.82, 2.24) is 0 Å². The second kappa shape index (κ2) is 13.8. The van der Waals surface area contributed by atoms with Crippen LogP contribution in [0.15, 0.2) is 0 Å². The fraction of sp³-hybridized carbons (Fsp3) is 0.929. The fourth-order valence-corrected chi connectivity index (χ4v) is 1.64. The van der Waals surface area contributed by atoms with Crippen LogP contribution in [0, 0.1) is 5.92 Å². The Balaban J connectivity index is 3.45. The summed E-state index contributed by atoms with van der Waals surface area (Å²) in [4.78, 5) is 11.7. The van der Waals surface area contributed by atoms with E-state index in [0.717, 1.165) is 25.7 Å². The minimum absolute atomic E-state index is 0.0211. The quantitative estimate of drug-likeness (QED) is 0.410. The van der Waals surface area contributed by atoms with Crippen molar-refractivity contribution < 1.29 is 24.1 Å². The first-order valence-electron chi connectivity index (χ1n) is 7.19. The van der Waals surface area contributed by atoms with Crippen molar-refractivity contribution in [3.05, 3.63) is 0 Å². The first-order valence-corrected chi connectivity index (χ1v) is 7.19. The van der Waals surface area contributed by atoms with Crippen LogP contribution < -0.4 is 0 Å². The molecule has 0 spiro atoms. The van der Waals surface area contributed by atoms with Crippen molar-refractivity contribution in [1.29, 1.82) is 0 Å². The van der Waals surface area contributed by atoms with Gasteiger partial charge in [-0.1, -0.05) is 26.7 Å². The van der Waals surface area contributed by atoms with Crippen molar-refractivity contribution in [2.45, 2.75) is 39.5 Å². The molecule has 19 heavy (non-hydrogen) atoms. The van der Waals surface area contributed by atoms with Crippen LogP contribution in [0.1, 0.15) is 39.5 Å². The smallest absolute Gasteiger partial charge is 0.308 e. The summed E-state index contributed by atoms with van der Waals surface area (Å²) in [7, 11) is 0. The van der Waals surface area contributed by atoms with Crippen LogP contribution in [0.2, 0.25) is 0 Å². The molecule has 0 bridgehead atoms. The van der Waals surface area contributed by atoms with Crippen LogP contribution in [0.3, 0.4) is 0 Å². The Labute approximate surface area is 116 Å². The van der Waals surface area contributed by atoms with Crippen LogP contribution in [0.25, 0.3) is 0 Å². The van der Waals surface area contributed by atoms with Crippen molar-refractivity contribution in [3.63, 3.8) is 0 Å². The molecule has 0 aromatic heterocycles. The van der Waals surface area contributed by atoms with Gasteiger partial charge in [-0.15, -0.1) is 0 Å². The monoisotopic (exact) mass is 276 g/mol. The maximum Gasteiger partial charge on any atom is 0.308 e. The average Bonchev–Trinajstić information content (AvgIpc) is 2.42. The van der Waals surface area contributed by atoms with E-state index in [0.29, 0.717) is 33.0 Å². The zero-order valence-electron chi connectivity index (χ0n) is 12.2. The molecule has 1 N–H and O–H groups in total.